The molecule has 0 radical (unpaired) electrons. The van der Waals surface area contributed by atoms with Crippen molar-refractivity contribution in [2.24, 2.45) is 11.8 Å². The molecule has 0 atom stereocenters. The van der Waals surface area contributed by atoms with Gasteiger partial charge in [-0.15, -0.1) is 23.5 Å². The first-order chi connectivity index (χ1) is 13.1. The van der Waals surface area contributed by atoms with E-state index in [1.165, 1.54) is 45.2 Å². The van der Waals surface area contributed by atoms with Crippen LogP contribution < -0.4 is 0 Å². The van der Waals surface area contributed by atoms with Gasteiger partial charge in [0, 0.05) is 16.7 Å². The third-order valence-corrected chi connectivity index (χ3v) is 6.95. The van der Waals surface area contributed by atoms with Crippen molar-refractivity contribution < 1.29 is 0 Å². The molecule has 0 saturated carbocycles. The van der Waals surface area contributed by atoms with Crippen LogP contribution >= 0.6 is 23.5 Å². The van der Waals surface area contributed by atoms with E-state index in [-0.39, 0.29) is 0 Å². The minimum absolute atomic E-state index is 0.740. The third-order valence-electron chi connectivity index (χ3n) is 4.69. The number of hydrogen-bond donors (Lipinski definition) is 0. The van der Waals surface area contributed by atoms with Gasteiger partial charge in [-0.25, -0.2) is 0 Å². The Morgan fingerprint density at radius 3 is 2.07 bits per heavy atom. The van der Waals surface area contributed by atoms with E-state index in [0.717, 1.165) is 17.6 Å². The summed E-state index contributed by atoms with van der Waals surface area (Å²) in [5.74, 6) is 3.81. The summed E-state index contributed by atoms with van der Waals surface area (Å²) < 4.78 is 2.41. The molecule has 3 rings (SSSR count). The van der Waals surface area contributed by atoms with Gasteiger partial charge in [-0.1, -0.05) is 64.1 Å². The minimum Gasteiger partial charge on any atom is -0.310 e. The average Bonchev–Trinajstić information content (AvgIpc) is 2.96. The molecule has 0 aliphatic rings. The van der Waals surface area contributed by atoms with Gasteiger partial charge < -0.3 is 4.40 Å². The maximum Gasteiger partial charge on any atom is 0.0885 e. The largest absolute Gasteiger partial charge is 0.310 e. The van der Waals surface area contributed by atoms with Crippen LogP contribution in [0.5, 0.6) is 0 Å². The molecule has 3 aromatic rings. The topological polar surface area (TPSA) is 4.41 Å². The molecule has 1 aromatic carbocycles. The van der Waals surface area contributed by atoms with E-state index in [9.17, 15) is 0 Å². The Morgan fingerprint density at radius 1 is 0.778 bits per heavy atom. The van der Waals surface area contributed by atoms with E-state index < -0.39 is 0 Å². The molecule has 0 amide bonds. The Labute approximate surface area is 173 Å². The smallest absolute Gasteiger partial charge is 0.0885 e. The lowest BCUT2D eigenvalue weighted by atomic mass is 10.1. The zero-order valence-electron chi connectivity index (χ0n) is 16.9. The van der Waals surface area contributed by atoms with E-state index >= 15 is 0 Å². The first-order valence-electron chi connectivity index (χ1n) is 10.0. The van der Waals surface area contributed by atoms with E-state index in [4.69, 9.17) is 0 Å². The molecule has 27 heavy (non-hydrogen) atoms. The molecule has 0 aliphatic heterocycles. The molecule has 0 unspecified atom stereocenters. The maximum atomic E-state index is 2.41. The number of thioether (sulfide) groups is 2. The molecule has 3 heteroatoms. The summed E-state index contributed by atoms with van der Waals surface area (Å²) in [4.78, 5) is 1.44. The molecule has 2 heterocycles. The molecule has 0 saturated heterocycles. The second-order valence-electron chi connectivity index (χ2n) is 7.89. The van der Waals surface area contributed by atoms with Gasteiger partial charge in [-0.3, -0.25) is 0 Å². The lowest BCUT2D eigenvalue weighted by molar-refractivity contribution is 0.632. The highest BCUT2D eigenvalue weighted by molar-refractivity contribution is 8.00. The van der Waals surface area contributed by atoms with Gasteiger partial charge in [0.2, 0.25) is 0 Å². The fourth-order valence-corrected chi connectivity index (χ4v) is 6.06. The number of aromatic nitrogens is 1. The average molecular weight is 398 g/mol. The molecular formula is C24H31NS2. The van der Waals surface area contributed by atoms with Gasteiger partial charge in [0.05, 0.1) is 10.5 Å². The quantitative estimate of drug-likeness (QED) is 0.338. The van der Waals surface area contributed by atoms with E-state index in [2.05, 4.69) is 86.8 Å². The Bertz CT molecular complexity index is 798. The monoisotopic (exact) mass is 397 g/mol. The van der Waals surface area contributed by atoms with E-state index in [1.54, 1.807) is 0 Å². The van der Waals surface area contributed by atoms with Gasteiger partial charge in [0.25, 0.3) is 0 Å². The lowest BCUT2D eigenvalue weighted by Crippen LogP contribution is -1.92. The number of hydrogen-bond acceptors (Lipinski definition) is 2. The number of rotatable bonds is 9. The van der Waals surface area contributed by atoms with Crippen LogP contribution in [0, 0.1) is 11.8 Å². The van der Waals surface area contributed by atoms with E-state index in [1.807, 2.05) is 23.5 Å². The van der Waals surface area contributed by atoms with Gasteiger partial charge in [0.1, 0.15) is 0 Å². The molecule has 1 nitrogen and oxygen atoms in total. The summed E-state index contributed by atoms with van der Waals surface area (Å²) in [5, 5.41) is 1.39. The summed E-state index contributed by atoms with van der Waals surface area (Å²) in [6.07, 6.45) is 4.72. The number of benzene rings is 1. The first-order valence-corrected chi connectivity index (χ1v) is 12.0. The lowest BCUT2D eigenvalue weighted by Gasteiger charge is -2.10. The molecule has 0 spiro atoms. The van der Waals surface area contributed by atoms with Gasteiger partial charge in [-0.2, -0.15) is 0 Å². The van der Waals surface area contributed by atoms with Crippen LogP contribution in [0.25, 0.3) is 16.6 Å². The van der Waals surface area contributed by atoms with Crippen LogP contribution in [0.4, 0.5) is 0 Å². The zero-order chi connectivity index (χ0) is 19.2. The second-order valence-corrected chi connectivity index (χ2v) is 10.1. The van der Waals surface area contributed by atoms with Gasteiger partial charge >= 0.3 is 0 Å². The minimum atomic E-state index is 0.740. The van der Waals surface area contributed by atoms with Crippen LogP contribution in [0.1, 0.15) is 40.5 Å². The molecule has 0 bridgehead atoms. The Hall–Kier alpha value is -1.32. The number of nitrogens with zero attached hydrogens (tertiary/aromatic N) is 1. The fourth-order valence-electron chi connectivity index (χ4n) is 3.09. The van der Waals surface area contributed by atoms with Crippen molar-refractivity contribution in [2.45, 2.75) is 50.5 Å². The molecule has 144 valence electrons. The standard InChI is InChI=1S/C24H31NS2/c1-18(2)13-16-26-23-21-12-8-9-15-25(21)24(27-17-14-19(3)4)22(23)20-10-6-5-7-11-20/h5-12,15,18-19H,13-14,16-17H2,1-4H3. The third kappa shape index (κ3) is 5.14. The summed E-state index contributed by atoms with van der Waals surface area (Å²) in [6.45, 7) is 9.23. The second kappa shape index (κ2) is 9.75. The first kappa shape index (κ1) is 20.4. The van der Waals surface area contributed by atoms with Crippen molar-refractivity contribution in [1.29, 1.82) is 0 Å². The molecule has 0 N–H and O–H groups in total. The normalized spacial score (nSPS) is 11.8. The molecular weight excluding hydrogens is 366 g/mol. The number of fused-ring (bicyclic) bond motifs is 1. The fraction of sp³-hybridized carbons (Fsp3) is 0.417. The van der Waals surface area contributed by atoms with Crippen molar-refractivity contribution in [1.82, 2.24) is 4.40 Å². The van der Waals surface area contributed by atoms with Crippen molar-refractivity contribution in [3.8, 4) is 11.1 Å². The van der Waals surface area contributed by atoms with Crippen molar-refractivity contribution >= 4 is 29.0 Å². The van der Waals surface area contributed by atoms with Crippen molar-refractivity contribution in [2.75, 3.05) is 11.5 Å². The maximum absolute atomic E-state index is 2.41. The predicted octanol–water partition coefficient (Wildman–Crippen LogP) is 7.88. The summed E-state index contributed by atoms with van der Waals surface area (Å²) >= 11 is 4.04. The SMILES string of the molecule is CC(C)CCSc1c(-c2ccccc2)c(SCCC(C)C)n2ccccc12. The summed E-state index contributed by atoms with van der Waals surface area (Å²) in [5.41, 5.74) is 4.10. The highest BCUT2D eigenvalue weighted by atomic mass is 32.2. The van der Waals surface area contributed by atoms with Crippen LogP contribution in [0.15, 0.2) is 64.6 Å². The Balaban J connectivity index is 2.07. The zero-order valence-corrected chi connectivity index (χ0v) is 18.6. The molecule has 0 fully saturated rings. The predicted molar refractivity (Wildman–Crippen MR) is 123 cm³/mol. The Morgan fingerprint density at radius 2 is 1.41 bits per heavy atom. The van der Waals surface area contributed by atoms with Crippen LogP contribution in [0.3, 0.4) is 0 Å². The van der Waals surface area contributed by atoms with Crippen LogP contribution in [-0.2, 0) is 0 Å². The van der Waals surface area contributed by atoms with Crippen LogP contribution in [-0.4, -0.2) is 15.9 Å². The highest BCUT2D eigenvalue weighted by Gasteiger charge is 2.20. The number of pyridine rings is 1. The molecule has 2 aromatic heterocycles. The highest BCUT2D eigenvalue weighted by Crippen LogP contribution is 2.44. The van der Waals surface area contributed by atoms with Crippen molar-refractivity contribution in [3.05, 3.63) is 54.7 Å². The van der Waals surface area contributed by atoms with Crippen LogP contribution in [0.2, 0.25) is 0 Å². The van der Waals surface area contributed by atoms with Gasteiger partial charge in [0.15, 0.2) is 0 Å². The summed E-state index contributed by atoms with van der Waals surface area (Å²) in [7, 11) is 0. The Kier molecular flexibility index (Phi) is 7.37. The summed E-state index contributed by atoms with van der Waals surface area (Å²) in [6, 6.07) is 17.5. The van der Waals surface area contributed by atoms with Gasteiger partial charge in [-0.05, 0) is 53.9 Å². The molecule has 0 aliphatic carbocycles. The van der Waals surface area contributed by atoms with E-state index in [0.29, 0.717) is 0 Å². The van der Waals surface area contributed by atoms with Crippen molar-refractivity contribution in [3.63, 3.8) is 0 Å².